The molecule has 30 heavy (non-hydrogen) atoms. The molecule has 3 aromatic rings. The maximum Gasteiger partial charge on any atom is 0.274 e. The van der Waals surface area contributed by atoms with Crippen LogP contribution in [-0.2, 0) is 6.42 Å². The number of piperazine rings is 1. The molecule has 1 saturated heterocycles. The van der Waals surface area contributed by atoms with Crippen molar-refractivity contribution in [1.82, 2.24) is 15.1 Å². The second kappa shape index (κ2) is 8.14. The minimum atomic E-state index is -0.0409. The summed E-state index contributed by atoms with van der Waals surface area (Å²) in [5.41, 5.74) is 4.14. The maximum absolute atomic E-state index is 12.9. The van der Waals surface area contributed by atoms with Gasteiger partial charge in [0, 0.05) is 44.1 Å². The SMILES string of the molecule is O=C(c1ccc(N2CCCc3ccccc32)nn1)N1CCN(c2ccccc2)CC1. The Labute approximate surface area is 176 Å². The molecular weight excluding hydrogens is 374 g/mol. The summed E-state index contributed by atoms with van der Waals surface area (Å²) in [7, 11) is 0. The van der Waals surface area contributed by atoms with Gasteiger partial charge in [0.25, 0.3) is 5.91 Å². The van der Waals surface area contributed by atoms with E-state index in [2.05, 4.69) is 56.4 Å². The molecule has 0 bridgehead atoms. The minimum Gasteiger partial charge on any atom is -0.368 e. The number of aromatic nitrogens is 2. The molecule has 2 aromatic carbocycles. The van der Waals surface area contributed by atoms with Gasteiger partial charge >= 0.3 is 0 Å². The van der Waals surface area contributed by atoms with Crippen molar-refractivity contribution < 1.29 is 4.79 Å². The van der Waals surface area contributed by atoms with Crippen molar-refractivity contribution in [1.29, 1.82) is 0 Å². The zero-order valence-electron chi connectivity index (χ0n) is 16.9. The van der Waals surface area contributed by atoms with E-state index in [-0.39, 0.29) is 5.91 Å². The average molecular weight is 399 g/mol. The second-order valence-corrected chi connectivity index (χ2v) is 7.78. The monoisotopic (exact) mass is 399 g/mol. The van der Waals surface area contributed by atoms with Crippen LogP contribution in [0, 0.1) is 0 Å². The zero-order valence-corrected chi connectivity index (χ0v) is 16.9. The third-order valence-electron chi connectivity index (χ3n) is 5.94. The topological polar surface area (TPSA) is 52.6 Å². The molecule has 0 N–H and O–H groups in total. The van der Waals surface area contributed by atoms with Crippen LogP contribution in [0.5, 0.6) is 0 Å². The molecule has 2 aliphatic rings. The summed E-state index contributed by atoms with van der Waals surface area (Å²) in [4.78, 5) is 19.3. The smallest absolute Gasteiger partial charge is 0.274 e. The zero-order chi connectivity index (χ0) is 20.3. The molecule has 0 saturated carbocycles. The van der Waals surface area contributed by atoms with Gasteiger partial charge in [-0.25, -0.2) is 0 Å². The average Bonchev–Trinajstić information content (AvgIpc) is 2.84. The Morgan fingerprint density at radius 2 is 1.53 bits per heavy atom. The Kier molecular flexibility index (Phi) is 5.05. The number of hydrogen-bond donors (Lipinski definition) is 0. The lowest BCUT2D eigenvalue weighted by atomic mass is 10.0. The van der Waals surface area contributed by atoms with Crippen LogP contribution in [0.1, 0.15) is 22.5 Å². The molecular formula is C24H25N5O. The van der Waals surface area contributed by atoms with Gasteiger partial charge in [0.1, 0.15) is 0 Å². The fraction of sp³-hybridized carbons (Fsp3) is 0.292. The van der Waals surface area contributed by atoms with Gasteiger partial charge < -0.3 is 14.7 Å². The minimum absolute atomic E-state index is 0.0409. The maximum atomic E-state index is 12.9. The molecule has 6 heteroatoms. The number of fused-ring (bicyclic) bond motifs is 1. The molecule has 0 radical (unpaired) electrons. The van der Waals surface area contributed by atoms with E-state index in [4.69, 9.17) is 0 Å². The lowest BCUT2D eigenvalue weighted by Gasteiger charge is -2.36. The third kappa shape index (κ3) is 3.61. The highest BCUT2D eigenvalue weighted by atomic mass is 16.2. The highest BCUT2D eigenvalue weighted by Gasteiger charge is 2.24. The number of aryl methyl sites for hydroxylation is 1. The second-order valence-electron chi connectivity index (χ2n) is 7.78. The van der Waals surface area contributed by atoms with Gasteiger partial charge in [-0.15, -0.1) is 10.2 Å². The van der Waals surface area contributed by atoms with Crippen LogP contribution in [0.15, 0.2) is 66.7 Å². The van der Waals surface area contributed by atoms with Gasteiger partial charge in [-0.2, -0.15) is 0 Å². The van der Waals surface area contributed by atoms with Crippen LogP contribution in [0.3, 0.4) is 0 Å². The Bertz CT molecular complexity index is 1010. The summed E-state index contributed by atoms with van der Waals surface area (Å²) in [6.45, 7) is 3.95. The van der Waals surface area contributed by atoms with Crippen molar-refractivity contribution in [2.24, 2.45) is 0 Å². The molecule has 5 rings (SSSR count). The summed E-state index contributed by atoms with van der Waals surface area (Å²) in [6, 6.07) is 22.5. The fourth-order valence-corrected chi connectivity index (χ4v) is 4.32. The van der Waals surface area contributed by atoms with Gasteiger partial charge in [0.15, 0.2) is 11.5 Å². The molecule has 0 unspecified atom stereocenters. The summed E-state index contributed by atoms with van der Waals surface area (Å²) < 4.78 is 0. The highest BCUT2D eigenvalue weighted by Crippen LogP contribution is 2.31. The predicted molar refractivity (Wildman–Crippen MR) is 118 cm³/mol. The Hall–Kier alpha value is -3.41. The molecule has 1 aromatic heterocycles. The van der Waals surface area contributed by atoms with E-state index in [9.17, 15) is 4.79 Å². The number of para-hydroxylation sites is 2. The van der Waals surface area contributed by atoms with Gasteiger partial charge in [-0.1, -0.05) is 36.4 Å². The first kappa shape index (κ1) is 18.6. The van der Waals surface area contributed by atoms with Crippen molar-refractivity contribution in [2.45, 2.75) is 12.8 Å². The first-order valence-electron chi connectivity index (χ1n) is 10.6. The van der Waals surface area contributed by atoms with E-state index in [1.54, 1.807) is 0 Å². The van der Waals surface area contributed by atoms with E-state index < -0.39 is 0 Å². The molecule has 2 aliphatic heterocycles. The van der Waals surface area contributed by atoms with E-state index in [1.807, 2.05) is 35.2 Å². The lowest BCUT2D eigenvalue weighted by molar-refractivity contribution is 0.0739. The van der Waals surface area contributed by atoms with Crippen LogP contribution in [0.25, 0.3) is 0 Å². The number of rotatable bonds is 3. The number of carbonyl (C=O) groups is 1. The van der Waals surface area contributed by atoms with Crippen molar-refractivity contribution in [3.8, 4) is 0 Å². The molecule has 0 aliphatic carbocycles. The first-order valence-corrected chi connectivity index (χ1v) is 10.6. The first-order chi connectivity index (χ1) is 14.8. The quantitative estimate of drug-likeness (QED) is 0.675. The summed E-state index contributed by atoms with van der Waals surface area (Å²) in [6.07, 6.45) is 2.18. The van der Waals surface area contributed by atoms with E-state index in [0.29, 0.717) is 18.8 Å². The number of amides is 1. The summed E-state index contributed by atoms with van der Waals surface area (Å²) in [5, 5.41) is 8.68. The number of nitrogens with zero attached hydrogens (tertiary/aromatic N) is 5. The van der Waals surface area contributed by atoms with E-state index >= 15 is 0 Å². The lowest BCUT2D eigenvalue weighted by Crippen LogP contribution is -2.49. The van der Waals surface area contributed by atoms with E-state index in [0.717, 1.165) is 38.3 Å². The standard InChI is InChI=1S/C24H25N5O/c30-24(28-17-15-27(16-18-28)20-9-2-1-3-10-20)21-12-13-23(26-25-21)29-14-6-8-19-7-4-5-11-22(19)29/h1-5,7,9-13H,6,8,14-18H2. The van der Waals surface area contributed by atoms with Crippen LogP contribution >= 0.6 is 0 Å². The number of hydrogen-bond acceptors (Lipinski definition) is 5. The molecule has 1 amide bonds. The van der Waals surface area contributed by atoms with Crippen molar-refractivity contribution in [3.63, 3.8) is 0 Å². The number of carbonyl (C=O) groups excluding carboxylic acids is 1. The van der Waals surface area contributed by atoms with Crippen LogP contribution in [0.4, 0.5) is 17.2 Å². The highest BCUT2D eigenvalue weighted by molar-refractivity contribution is 5.92. The molecule has 1 fully saturated rings. The number of benzene rings is 2. The fourth-order valence-electron chi connectivity index (χ4n) is 4.32. The predicted octanol–water partition coefficient (Wildman–Crippen LogP) is 3.52. The van der Waals surface area contributed by atoms with Crippen LogP contribution < -0.4 is 9.80 Å². The van der Waals surface area contributed by atoms with Crippen LogP contribution in [-0.4, -0.2) is 53.7 Å². The van der Waals surface area contributed by atoms with Gasteiger partial charge in [-0.3, -0.25) is 4.79 Å². The molecule has 0 atom stereocenters. The van der Waals surface area contributed by atoms with Gasteiger partial charge in [0.2, 0.25) is 0 Å². The van der Waals surface area contributed by atoms with Crippen molar-refractivity contribution in [3.05, 3.63) is 78.0 Å². The molecule has 3 heterocycles. The van der Waals surface area contributed by atoms with E-state index in [1.165, 1.54) is 16.9 Å². The Morgan fingerprint density at radius 3 is 2.30 bits per heavy atom. The van der Waals surface area contributed by atoms with Gasteiger partial charge in [0.05, 0.1) is 0 Å². The number of anilines is 3. The molecule has 0 spiro atoms. The molecule has 6 nitrogen and oxygen atoms in total. The normalized spacial score (nSPS) is 16.3. The Morgan fingerprint density at radius 1 is 0.767 bits per heavy atom. The summed E-state index contributed by atoms with van der Waals surface area (Å²) in [5.74, 6) is 0.758. The van der Waals surface area contributed by atoms with Crippen LogP contribution in [0.2, 0.25) is 0 Å². The van der Waals surface area contributed by atoms with Crippen molar-refractivity contribution >= 4 is 23.1 Å². The third-order valence-corrected chi connectivity index (χ3v) is 5.94. The Balaban J connectivity index is 1.26. The van der Waals surface area contributed by atoms with Crippen molar-refractivity contribution in [2.75, 3.05) is 42.5 Å². The largest absolute Gasteiger partial charge is 0.368 e. The van der Waals surface area contributed by atoms with Gasteiger partial charge in [-0.05, 0) is 48.7 Å². The summed E-state index contributed by atoms with van der Waals surface area (Å²) >= 11 is 0. The molecule has 152 valence electrons.